The third-order valence-electron chi connectivity index (χ3n) is 11.0. The Morgan fingerprint density at radius 3 is 2.19 bits per heavy atom. The highest BCUT2D eigenvalue weighted by atomic mass is 32.2. The van der Waals surface area contributed by atoms with Gasteiger partial charge in [-0.2, -0.15) is 5.26 Å². The Hall–Kier alpha value is -3.94. The summed E-state index contributed by atoms with van der Waals surface area (Å²) in [4.78, 5) is 23.9. The van der Waals surface area contributed by atoms with Gasteiger partial charge >= 0.3 is 6.09 Å². The van der Waals surface area contributed by atoms with Gasteiger partial charge in [0.05, 0.1) is 21.3 Å². The largest absolute Gasteiger partial charge is 0.446 e. The van der Waals surface area contributed by atoms with Crippen LogP contribution in [-0.2, 0) is 20.0 Å². The van der Waals surface area contributed by atoms with E-state index in [1.54, 1.807) is 17.0 Å². The molecule has 1 aromatic heterocycles. The van der Waals surface area contributed by atoms with Gasteiger partial charge in [0, 0.05) is 62.6 Å². The number of hydrogen-bond acceptors (Lipinski definition) is 8. The van der Waals surface area contributed by atoms with E-state index in [4.69, 9.17) is 4.74 Å². The molecule has 47 heavy (non-hydrogen) atoms. The number of piperidine rings is 1. The normalized spacial score (nSPS) is 23.7. The van der Waals surface area contributed by atoms with Crippen LogP contribution in [0, 0.1) is 29.1 Å². The zero-order valence-electron chi connectivity index (χ0n) is 26.8. The minimum absolute atomic E-state index is 0.0112. The molecule has 3 aliphatic heterocycles. The molecule has 1 unspecified atom stereocenters. The molecule has 1 amide bonds. The van der Waals surface area contributed by atoms with Gasteiger partial charge in [0.25, 0.3) is 0 Å². The Labute approximate surface area is 278 Å². The molecule has 3 aromatic rings. The van der Waals surface area contributed by atoms with E-state index in [-0.39, 0.29) is 33.8 Å². The minimum atomic E-state index is -3.56. The molecule has 4 aliphatic rings. The third kappa shape index (κ3) is 6.12. The number of sulfone groups is 1. The van der Waals surface area contributed by atoms with E-state index in [9.17, 15) is 18.5 Å². The summed E-state index contributed by atoms with van der Waals surface area (Å²) < 4.78 is 32.0. The van der Waals surface area contributed by atoms with E-state index >= 15 is 0 Å². The average Bonchev–Trinajstić information content (AvgIpc) is 3.52. The van der Waals surface area contributed by atoms with Crippen LogP contribution in [0.2, 0.25) is 0 Å². The Balaban J connectivity index is 0.968. The zero-order chi connectivity index (χ0) is 32.4. The summed E-state index contributed by atoms with van der Waals surface area (Å²) in [6.07, 6.45) is 8.13. The molecule has 0 spiro atoms. The number of pyridine rings is 1. The molecular weight excluding hydrogens is 611 g/mol. The minimum Gasteiger partial charge on any atom is -0.446 e. The molecule has 2 aromatic carbocycles. The fraction of sp³-hybridized carbons (Fsp3) is 0.486. The Bertz CT molecular complexity index is 1680. The first kappa shape index (κ1) is 31.6. The number of hydrogen-bond donors (Lipinski definition) is 0. The van der Waals surface area contributed by atoms with Crippen molar-refractivity contribution in [1.82, 2.24) is 14.8 Å². The van der Waals surface area contributed by atoms with Crippen LogP contribution in [0.1, 0.15) is 44.1 Å². The maximum atomic E-state index is 12.9. The number of nitrogens with zero attached hydrogens (tertiary/aromatic N) is 5. The van der Waals surface area contributed by atoms with Gasteiger partial charge in [0.2, 0.25) is 9.84 Å². The predicted molar refractivity (Wildman–Crippen MR) is 179 cm³/mol. The molecular formula is C37H43N5O4S. The summed E-state index contributed by atoms with van der Waals surface area (Å²) in [5, 5.41) is 11.0. The van der Waals surface area contributed by atoms with E-state index in [1.165, 1.54) is 24.5 Å². The maximum absolute atomic E-state index is 12.9. The predicted octanol–water partition coefficient (Wildman–Crippen LogP) is 5.54. The molecule has 4 fully saturated rings. The molecule has 0 bridgehead atoms. The molecule has 1 aliphatic carbocycles. The maximum Gasteiger partial charge on any atom is 0.410 e. The summed E-state index contributed by atoms with van der Waals surface area (Å²) in [5.41, 5.74) is 1.41. The van der Waals surface area contributed by atoms with Crippen LogP contribution in [0.15, 0.2) is 88.9 Å². The Morgan fingerprint density at radius 2 is 1.55 bits per heavy atom. The van der Waals surface area contributed by atoms with Crippen molar-refractivity contribution in [1.29, 1.82) is 5.26 Å². The third-order valence-corrected chi connectivity index (χ3v) is 12.8. The molecule has 0 radical (unpaired) electrons. The molecule has 1 saturated carbocycles. The van der Waals surface area contributed by atoms with E-state index in [0.29, 0.717) is 5.92 Å². The zero-order valence-corrected chi connectivity index (χ0v) is 27.6. The van der Waals surface area contributed by atoms with E-state index in [0.717, 1.165) is 95.6 Å². The van der Waals surface area contributed by atoms with Gasteiger partial charge in [0.1, 0.15) is 6.10 Å². The van der Waals surface area contributed by atoms with Crippen LogP contribution in [0.3, 0.4) is 0 Å². The lowest BCUT2D eigenvalue weighted by molar-refractivity contribution is 0.00520. The van der Waals surface area contributed by atoms with E-state index < -0.39 is 15.3 Å². The monoisotopic (exact) mass is 653 g/mol. The molecule has 7 rings (SSSR count). The first-order chi connectivity index (χ1) is 22.9. The molecule has 9 nitrogen and oxygen atoms in total. The van der Waals surface area contributed by atoms with Crippen molar-refractivity contribution in [2.24, 2.45) is 17.8 Å². The van der Waals surface area contributed by atoms with Gasteiger partial charge in [-0.3, -0.25) is 4.98 Å². The molecule has 246 valence electrons. The van der Waals surface area contributed by atoms with Crippen LogP contribution < -0.4 is 4.90 Å². The van der Waals surface area contributed by atoms with Gasteiger partial charge in [-0.05, 0) is 99.5 Å². The van der Waals surface area contributed by atoms with Crippen LogP contribution in [-0.4, -0.2) is 81.2 Å². The molecule has 3 saturated heterocycles. The quantitative estimate of drug-likeness (QED) is 0.297. The van der Waals surface area contributed by atoms with Crippen LogP contribution in [0.5, 0.6) is 0 Å². The van der Waals surface area contributed by atoms with Crippen molar-refractivity contribution in [3.63, 3.8) is 0 Å². The van der Waals surface area contributed by atoms with Crippen molar-refractivity contribution < 1.29 is 17.9 Å². The topological polar surface area (TPSA) is 107 Å². The number of anilines is 1. The summed E-state index contributed by atoms with van der Waals surface area (Å²) in [5.74, 6) is 0.726. The highest BCUT2D eigenvalue weighted by Crippen LogP contribution is 2.51. The number of carbonyl (C=O) groups is 1. The standard InChI is InChI=1S/C37H43N5O4S/c38-27-37(29-6-2-1-3-7-29,34-8-4-9-35(34)46-36(43)41-20-5-21-41)30-16-22-40(23-17-30)24-28-25-42(26-28)31-10-12-32(13-11-31)47(44,45)33-14-18-39-19-15-33/h1-3,6-7,10-15,18-19,28,30,34-35H,4-5,8-9,16-17,20-26H2/t34-,35-,37?/m1/s1. The van der Waals surface area contributed by atoms with Gasteiger partial charge in [-0.15, -0.1) is 0 Å². The lowest BCUT2D eigenvalue weighted by Crippen LogP contribution is -2.54. The number of rotatable bonds is 9. The number of ether oxygens (including phenoxy) is 1. The first-order valence-corrected chi connectivity index (χ1v) is 18.5. The summed E-state index contributed by atoms with van der Waals surface area (Å²) in [6, 6.07) is 23.4. The fourth-order valence-corrected chi connectivity index (χ4v) is 9.56. The summed E-state index contributed by atoms with van der Waals surface area (Å²) in [6.45, 7) is 6.32. The highest BCUT2D eigenvalue weighted by molar-refractivity contribution is 7.91. The SMILES string of the molecule is N#CC(c1ccccc1)(C1CCN(CC2CN(c3ccc(S(=O)(=O)c4ccncc4)cc3)C2)CC1)[C@@H]1CCC[C@H]1OC(=O)N1CCC1. The van der Waals surface area contributed by atoms with E-state index in [2.05, 4.69) is 33.0 Å². The molecule has 4 heterocycles. The first-order valence-electron chi connectivity index (χ1n) is 17.0. The van der Waals surface area contributed by atoms with Gasteiger partial charge in [0.15, 0.2) is 0 Å². The fourth-order valence-electron chi connectivity index (χ4n) is 8.32. The molecule has 0 N–H and O–H groups in total. The molecule has 3 atom stereocenters. The number of amides is 1. The van der Waals surface area contributed by atoms with Crippen molar-refractivity contribution in [3.05, 3.63) is 84.7 Å². The smallest absolute Gasteiger partial charge is 0.410 e. The van der Waals surface area contributed by atoms with Crippen molar-refractivity contribution in [2.45, 2.75) is 59.8 Å². The van der Waals surface area contributed by atoms with Crippen molar-refractivity contribution in [2.75, 3.05) is 50.7 Å². The number of carbonyl (C=O) groups excluding carboxylic acids is 1. The van der Waals surface area contributed by atoms with Crippen LogP contribution in [0.4, 0.5) is 10.5 Å². The van der Waals surface area contributed by atoms with Crippen molar-refractivity contribution in [3.8, 4) is 6.07 Å². The van der Waals surface area contributed by atoms with Crippen LogP contribution in [0.25, 0.3) is 0 Å². The molecule has 10 heteroatoms. The summed E-state index contributed by atoms with van der Waals surface area (Å²) >= 11 is 0. The number of aromatic nitrogens is 1. The van der Waals surface area contributed by atoms with Gasteiger partial charge < -0.3 is 19.4 Å². The lowest BCUT2D eigenvalue weighted by Gasteiger charge is -2.48. The van der Waals surface area contributed by atoms with E-state index in [1.807, 2.05) is 30.3 Å². The Kier molecular flexibility index (Phi) is 8.95. The average molecular weight is 654 g/mol. The van der Waals surface area contributed by atoms with Crippen molar-refractivity contribution >= 4 is 21.6 Å². The summed E-state index contributed by atoms with van der Waals surface area (Å²) in [7, 11) is -3.56. The number of nitriles is 1. The highest BCUT2D eigenvalue weighted by Gasteiger charge is 2.53. The second-order valence-corrected chi connectivity index (χ2v) is 15.6. The second kappa shape index (κ2) is 13.3. The lowest BCUT2D eigenvalue weighted by atomic mass is 9.59. The Morgan fingerprint density at radius 1 is 0.872 bits per heavy atom. The number of benzene rings is 2. The second-order valence-electron chi connectivity index (χ2n) is 13.7. The number of likely N-dealkylation sites (tertiary alicyclic amines) is 2. The van der Waals surface area contributed by atoms with Gasteiger partial charge in [-0.1, -0.05) is 30.3 Å². The van der Waals surface area contributed by atoms with Crippen LogP contribution >= 0.6 is 0 Å². The van der Waals surface area contributed by atoms with Gasteiger partial charge in [-0.25, -0.2) is 13.2 Å².